The van der Waals surface area contributed by atoms with E-state index >= 15 is 0 Å². The average Bonchev–Trinajstić information content (AvgIpc) is 2.32. The molecule has 0 aliphatic heterocycles. The Bertz CT molecular complexity index is 347. The fourth-order valence-electron chi connectivity index (χ4n) is 1.86. The summed E-state index contributed by atoms with van der Waals surface area (Å²) in [5.41, 5.74) is 2.50. The van der Waals surface area contributed by atoms with E-state index in [2.05, 4.69) is 51.2 Å². The van der Waals surface area contributed by atoms with Gasteiger partial charge in [-0.3, -0.25) is 0 Å². The van der Waals surface area contributed by atoms with Gasteiger partial charge in [-0.1, -0.05) is 39.0 Å². The summed E-state index contributed by atoms with van der Waals surface area (Å²) in [4.78, 5) is 0. The number of rotatable bonds is 8. The van der Waals surface area contributed by atoms with Crippen molar-refractivity contribution in [2.24, 2.45) is 5.92 Å². The molecule has 1 N–H and O–H groups in total. The predicted octanol–water partition coefficient (Wildman–Crippen LogP) is 3.92. The summed E-state index contributed by atoms with van der Waals surface area (Å²) < 4.78 is 5.97. The molecule has 0 saturated heterocycles. The number of para-hydroxylation sites is 1. The minimum atomic E-state index is 0.690. The van der Waals surface area contributed by atoms with Crippen molar-refractivity contribution in [2.75, 3.05) is 13.2 Å². The van der Waals surface area contributed by atoms with E-state index in [0.29, 0.717) is 5.92 Å². The van der Waals surface area contributed by atoms with Crippen molar-refractivity contribution < 1.29 is 4.74 Å². The largest absolute Gasteiger partial charge is 0.493 e. The fourth-order valence-corrected chi connectivity index (χ4v) is 1.86. The zero-order chi connectivity index (χ0) is 13.4. The lowest BCUT2D eigenvalue weighted by Gasteiger charge is -2.15. The van der Waals surface area contributed by atoms with Crippen LogP contribution in [0.2, 0.25) is 0 Å². The molecular weight excluding hydrogens is 222 g/mol. The third-order valence-corrected chi connectivity index (χ3v) is 2.98. The lowest BCUT2D eigenvalue weighted by atomic mass is 10.1. The van der Waals surface area contributed by atoms with Crippen LogP contribution in [0.15, 0.2) is 18.2 Å². The highest BCUT2D eigenvalue weighted by molar-refractivity contribution is 5.40. The summed E-state index contributed by atoms with van der Waals surface area (Å²) in [7, 11) is 0. The third-order valence-electron chi connectivity index (χ3n) is 2.98. The van der Waals surface area contributed by atoms with Crippen LogP contribution in [0, 0.1) is 12.8 Å². The Labute approximate surface area is 112 Å². The van der Waals surface area contributed by atoms with Gasteiger partial charge in [-0.05, 0) is 37.8 Å². The molecule has 2 nitrogen and oxygen atoms in total. The third kappa shape index (κ3) is 5.09. The van der Waals surface area contributed by atoms with Crippen LogP contribution in [0.3, 0.4) is 0 Å². The first-order valence-corrected chi connectivity index (χ1v) is 7.07. The van der Waals surface area contributed by atoms with E-state index in [1.165, 1.54) is 11.1 Å². The van der Waals surface area contributed by atoms with E-state index in [-0.39, 0.29) is 0 Å². The highest BCUT2D eigenvalue weighted by Crippen LogP contribution is 2.23. The van der Waals surface area contributed by atoms with Gasteiger partial charge in [0.2, 0.25) is 0 Å². The van der Waals surface area contributed by atoms with E-state index < -0.39 is 0 Å². The van der Waals surface area contributed by atoms with E-state index in [9.17, 15) is 0 Å². The molecule has 0 amide bonds. The van der Waals surface area contributed by atoms with Gasteiger partial charge in [0.1, 0.15) is 5.75 Å². The van der Waals surface area contributed by atoms with Crippen molar-refractivity contribution in [3.63, 3.8) is 0 Å². The van der Waals surface area contributed by atoms with Crippen molar-refractivity contribution in [1.29, 1.82) is 0 Å². The molecule has 0 aliphatic carbocycles. The number of benzene rings is 1. The van der Waals surface area contributed by atoms with Gasteiger partial charge in [-0.25, -0.2) is 0 Å². The predicted molar refractivity (Wildman–Crippen MR) is 78.1 cm³/mol. The minimum Gasteiger partial charge on any atom is -0.493 e. The van der Waals surface area contributed by atoms with Gasteiger partial charge >= 0.3 is 0 Å². The summed E-state index contributed by atoms with van der Waals surface area (Å²) in [6.07, 6.45) is 2.27. The molecule has 1 aromatic rings. The Morgan fingerprint density at radius 3 is 2.72 bits per heavy atom. The maximum atomic E-state index is 5.97. The molecule has 1 rings (SSSR count). The first-order chi connectivity index (χ1) is 8.65. The van der Waals surface area contributed by atoms with Crippen molar-refractivity contribution in [1.82, 2.24) is 5.32 Å². The first-order valence-electron chi connectivity index (χ1n) is 7.07. The van der Waals surface area contributed by atoms with Gasteiger partial charge in [0.25, 0.3) is 0 Å². The minimum absolute atomic E-state index is 0.690. The van der Waals surface area contributed by atoms with E-state index in [0.717, 1.165) is 38.3 Å². The molecule has 18 heavy (non-hydrogen) atoms. The molecule has 0 aromatic heterocycles. The Kier molecular flexibility index (Phi) is 6.81. The highest BCUT2D eigenvalue weighted by atomic mass is 16.5. The van der Waals surface area contributed by atoms with Crippen LogP contribution in [0.1, 0.15) is 44.7 Å². The molecule has 0 bridgehead atoms. The van der Waals surface area contributed by atoms with E-state index in [1.807, 2.05) is 0 Å². The van der Waals surface area contributed by atoms with Crippen molar-refractivity contribution in [3.05, 3.63) is 29.3 Å². The second-order valence-electron chi connectivity index (χ2n) is 5.27. The van der Waals surface area contributed by atoms with E-state index in [1.54, 1.807) is 0 Å². The normalized spacial score (nSPS) is 10.9. The van der Waals surface area contributed by atoms with Crippen molar-refractivity contribution in [2.45, 2.75) is 47.1 Å². The van der Waals surface area contributed by atoms with Crippen LogP contribution in [-0.4, -0.2) is 13.2 Å². The Morgan fingerprint density at radius 1 is 1.28 bits per heavy atom. The number of hydrogen-bond donors (Lipinski definition) is 1. The lowest BCUT2D eigenvalue weighted by molar-refractivity contribution is 0.284. The number of hydrogen-bond acceptors (Lipinski definition) is 2. The summed E-state index contributed by atoms with van der Waals surface area (Å²) in [6.45, 7) is 11.5. The summed E-state index contributed by atoms with van der Waals surface area (Å²) in [6, 6.07) is 6.38. The Morgan fingerprint density at radius 2 is 2.06 bits per heavy atom. The molecule has 2 heteroatoms. The molecule has 1 aromatic carbocycles. The summed E-state index contributed by atoms with van der Waals surface area (Å²) >= 11 is 0. The summed E-state index contributed by atoms with van der Waals surface area (Å²) in [5.74, 6) is 1.76. The van der Waals surface area contributed by atoms with Gasteiger partial charge < -0.3 is 10.1 Å². The SMILES string of the molecule is CCCNCc1cccc(C)c1OCCC(C)C. The molecule has 0 spiro atoms. The lowest BCUT2D eigenvalue weighted by Crippen LogP contribution is -2.15. The standard InChI is InChI=1S/C16H27NO/c1-5-10-17-12-15-8-6-7-14(4)16(15)18-11-9-13(2)3/h6-8,13,17H,5,9-12H2,1-4H3. The first kappa shape index (κ1) is 15.0. The topological polar surface area (TPSA) is 21.3 Å². The zero-order valence-corrected chi connectivity index (χ0v) is 12.3. The van der Waals surface area contributed by atoms with Gasteiger partial charge in [-0.15, -0.1) is 0 Å². The fraction of sp³-hybridized carbons (Fsp3) is 0.625. The maximum Gasteiger partial charge on any atom is 0.126 e. The van der Waals surface area contributed by atoms with Crippen LogP contribution in [-0.2, 0) is 6.54 Å². The number of nitrogens with one attached hydrogen (secondary N) is 1. The summed E-state index contributed by atoms with van der Waals surface area (Å²) in [5, 5.41) is 3.44. The molecule has 0 saturated carbocycles. The molecule has 102 valence electrons. The average molecular weight is 249 g/mol. The monoisotopic (exact) mass is 249 g/mol. The molecule has 0 aliphatic rings. The molecular formula is C16H27NO. The van der Waals surface area contributed by atoms with Crippen LogP contribution in [0.5, 0.6) is 5.75 Å². The molecule has 0 heterocycles. The van der Waals surface area contributed by atoms with Crippen LogP contribution in [0.25, 0.3) is 0 Å². The highest BCUT2D eigenvalue weighted by Gasteiger charge is 2.07. The molecule has 0 unspecified atom stereocenters. The molecule has 0 atom stereocenters. The van der Waals surface area contributed by atoms with Gasteiger partial charge in [-0.2, -0.15) is 0 Å². The van der Waals surface area contributed by atoms with Crippen LogP contribution in [0.4, 0.5) is 0 Å². The smallest absolute Gasteiger partial charge is 0.126 e. The van der Waals surface area contributed by atoms with Crippen molar-refractivity contribution >= 4 is 0 Å². The van der Waals surface area contributed by atoms with Crippen LogP contribution < -0.4 is 10.1 Å². The van der Waals surface area contributed by atoms with Crippen molar-refractivity contribution in [3.8, 4) is 5.75 Å². The molecule has 0 radical (unpaired) electrons. The Balaban J connectivity index is 2.61. The maximum absolute atomic E-state index is 5.97. The second kappa shape index (κ2) is 8.15. The Hall–Kier alpha value is -1.02. The number of ether oxygens (including phenoxy) is 1. The van der Waals surface area contributed by atoms with Gasteiger partial charge in [0, 0.05) is 12.1 Å². The van der Waals surface area contributed by atoms with E-state index in [4.69, 9.17) is 4.74 Å². The van der Waals surface area contributed by atoms with Crippen LogP contribution >= 0.6 is 0 Å². The quantitative estimate of drug-likeness (QED) is 0.705. The number of aryl methyl sites for hydroxylation is 1. The van der Waals surface area contributed by atoms with Gasteiger partial charge in [0.15, 0.2) is 0 Å². The second-order valence-corrected chi connectivity index (χ2v) is 5.27. The van der Waals surface area contributed by atoms with Gasteiger partial charge in [0.05, 0.1) is 6.61 Å². The zero-order valence-electron chi connectivity index (χ0n) is 12.3. The molecule has 0 fully saturated rings.